The summed E-state index contributed by atoms with van der Waals surface area (Å²) in [6.45, 7) is 0. The maximum absolute atomic E-state index is 13.2. The van der Waals surface area contributed by atoms with Crippen LogP contribution in [0.2, 0.25) is 0 Å². The Balaban J connectivity index is 0.000000155. The number of aromatic nitrogens is 18. The van der Waals surface area contributed by atoms with Crippen LogP contribution in [-0.2, 0) is 85.6 Å². The molecule has 610 valence electrons. The molecule has 0 amide bonds. The fourth-order valence-corrected chi connectivity index (χ4v) is 14.0. The molecule has 0 spiro atoms. The number of benzene rings is 5. The first-order valence-electron chi connectivity index (χ1n) is 34.7. The van der Waals surface area contributed by atoms with Crippen molar-refractivity contribution in [3.05, 3.63) is 264 Å². The molecular formula is C79H73F5N18O11S5. The Morgan fingerprint density at radius 1 is 0.347 bits per heavy atom. The van der Waals surface area contributed by atoms with Crippen LogP contribution < -0.4 is 22.2 Å². The van der Waals surface area contributed by atoms with Crippen molar-refractivity contribution >= 4 is 66.7 Å². The van der Waals surface area contributed by atoms with Crippen LogP contribution in [-0.4, -0.2) is 154 Å². The molecule has 0 aliphatic rings. The summed E-state index contributed by atoms with van der Waals surface area (Å²) in [5, 5.41) is 1.03. The molecule has 1 unspecified atom stereocenters. The zero-order valence-corrected chi connectivity index (χ0v) is 69.5. The van der Waals surface area contributed by atoms with E-state index in [2.05, 4.69) is 49.8 Å². The highest BCUT2D eigenvalue weighted by Gasteiger charge is 2.33. The highest BCUT2D eigenvalue weighted by atomic mass is 32.2. The van der Waals surface area contributed by atoms with Crippen LogP contribution >= 0.6 is 35.3 Å². The first kappa shape index (κ1) is 87.7. The van der Waals surface area contributed by atoms with E-state index in [0.29, 0.717) is 99.7 Å². The summed E-state index contributed by atoms with van der Waals surface area (Å²) in [6, 6.07) is 35.9. The van der Waals surface area contributed by atoms with Crippen molar-refractivity contribution in [1.29, 1.82) is 0 Å². The Labute approximate surface area is 683 Å². The number of sulfone groups is 2. The Morgan fingerprint density at radius 2 is 0.593 bits per heavy atom. The molecule has 14 aromatic rings. The Kier molecular flexibility index (Phi) is 27.8. The highest BCUT2D eigenvalue weighted by Crippen LogP contribution is 2.35. The minimum Gasteiger partial charge on any atom is -0.468 e. The van der Waals surface area contributed by atoms with Crippen LogP contribution in [0, 0.1) is 29.1 Å². The molecular weight excluding hydrogens is 1630 g/mol. The maximum atomic E-state index is 13.2. The molecule has 0 saturated heterocycles. The van der Waals surface area contributed by atoms with Gasteiger partial charge in [-0.25, -0.2) is 88.6 Å². The Hall–Kier alpha value is -12.7. The molecule has 0 radical (unpaired) electrons. The van der Waals surface area contributed by atoms with Crippen molar-refractivity contribution in [2.75, 3.05) is 38.4 Å². The van der Waals surface area contributed by atoms with Gasteiger partial charge in [-0.05, 0) is 138 Å². The summed E-state index contributed by atoms with van der Waals surface area (Å²) in [6.07, 6.45) is 15.0. The number of rotatable bonds is 17. The van der Waals surface area contributed by atoms with Crippen molar-refractivity contribution in [2.24, 2.45) is 56.4 Å². The fourth-order valence-electron chi connectivity index (χ4n) is 11.9. The van der Waals surface area contributed by atoms with E-state index in [9.17, 15) is 67.6 Å². The number of ether oxygens (including phenoxy) is 1. The van der Waals surface area contributed by atoms with Gasteiger partial charge in [0.2, 0.25) is 30.0 Å². The quantitative estimate of drug-likeness (QED) is 0.0204. The number of Topliss-reactive ketones (excluding diaryl/α,β-unsaturated/α-hetero) is 1. The van der Waals surface area contributed by atoms with Gasteiger partial charge in [-0.1, -0.05) is 95.9 Å². The second kappa shape index (κ2) is 37.5. The van der Waals surface area contributed by atoms with Gasteiger partial charge in [-0.2, -0.15) is 0 Å². The number of halogens is 5. The van der Waals surface area contributed by atoms with Gasteiger partial charge in [-0.3, -0.25) is 66.2 Å². The third-order valence-corrected chi connectivity index (χ3v) is 21.5. The monoisotopic (exact) mass is 1700 g/mol. The lowest BCUT2D eigenvalue weighted by atomic mass is 9.93. The van der Waals surface area contributed by atoms with Crippen LogP contribution in [0.5, 0.6) is 0 Å². The minimum absolute atomic E-state index is 0.110. The number of methoxy groups -OCH3 is 1. The van der Waals surface area contributed by atoms with Crippen LogP contribution in [0.15, 0.2) is 228 Å². The Morgan fingerprint density at radius 3 is 0.856 bits per heavy atom. The topological polar surface area (TPSA) is 348 Å². The largest absolute Gasteiger partial charge is 0.468 e. The van der Waals surface area contributed by atoms with Crippen molar-refractivity contribution in [1.82, 2.24) is 87.3 Å². The summed E-state index contributed by atoms with van der Waals surface area (Å²) < 4.78 is 130. The predicted octanol–water partition coefficient (Wildman–Crippen LogP) is 10.7. The minimum atomic E-state index is -3.60. The van der Waals surface area contributed by atoms with E-state index in [1.807, 2.05) is 12.5 Å². The van der Waals surface area contributed by atoms with Crippen molar-refractivity contribution < 1.29 is 53.1 Å². The first-order valence-corrected chi connectivity index (χ1v) is 42.1. The second-order valence-corrected chi connectivity index (χ2v) is 31.6. The van der Waals surface area contributed by atoms with Gasteiger partial charge < -0.3 is 4.74 Å². The molecule has 0 aliphatic carbocycles. The third-order valence-electron chi connectivity index (χ3n) is 18.1. The molecule has 0 N–H and O–H groups in total. The van der Waals surface area contributed by atoms with Gasteiger partial charge >= 0.3 is 5.97 Å². The summed E-state index contributed by atoms with van der Waals surface area (Å²) in [5.41, 5.74) is 7.60. The standard InChI is InChI=1S/2C16H15FN4O3S.2C16H15FN4OS.C15H13FN2O3S/c2*1-20-14(12-8-9-18-16(19-12)25(3,23)24)13(15(22)21(20)2)10-4-6-11(17)7-5-10;2*1-20-14(12-8-9-18-16(19-12)23-3)13(15(22)21(20)2)10-4-6-11(17)7-5-10;1-21-14(20)12(9-3-5-10(16)6-4-9)13(19)11-7-8-17-15(18-11)22-2/h2*4-9H,1-3H3;2*4-9H,1-3H3;3-8,12H,1-2H3. The number of thioether (sulfide) groups is 3. The molecule has 0 fully saturated rings. The van der Waals surface area contributed by atoms with Gasteiger partial charge in [-0.15, -0.1) is 0 Å². The molecule has 9 aromatic heterocycles. The lowest BCUT2D eigenvalue weighted by molar-refractivity contribution is -0.141. The predicted molar refractivity (Wildman–Crippen MR) is 437 cm³/mol. The van der Waals surface area contributed by atoms with Gasteiger partial charge in [0.1, 0.15) is 40.7 Å². The van der Waals surface area contributed by atoms with Crippen molar-refractivity contribution in [2.45, 2.75) is 31.7 Å². The van der Waals surface area contributed by atoms with Gasteiger partial charge in [0.05, 0.1) is 74.9 Å². The van der Waals surface area contributed by atoms with E-state index in [1.54, 1.807) is 130 Å². The number of carbonyl (C=O) groups is 2. The summed E-state index contributed by atoms with van der Waals surface area (Å²) in [4.78, 5) is 116. The third kappa shape index (κ3) is 19.5. The lowest BCUT2D eigenvalue weighted by Crippen LogP contribution is -2.24. The first-order chi connectivity index (χ1) is 56.0. The molecule has 39 heteroatoms. The van der Waals surface area contributed by atoms with Crippen molar-refractivity contribution in [3.63, 3.8) is 0 Å². The van der Waals surface area contributed by atoms with Crippen LogP contribution in [0.3, 0.4) is 0 Å². The number of nitrogens with zero attached hydrogens (tertiary/aromatic N) is 18. The second-order valence-electron chi connectivity index (χ2n) is 25.5. The zero-order chi connectivity index (χ0) is 85.9. The average molecular weight is 1710 g/mol. The van der Waals surface area contributed by atoms with E-state index >= 15 is 0 Å². The van der Waals surface area contributed by atoms with Crippen LogP contribution in [0.1, 0.15) is 22.0 Å². The molecule has 0 aliphatic heterocycles. The summed E-state index contributed by atoms with van der Waals surface area (Å²) >= 11 is 4.15. The number of ketones is 1. The number of hydrogen-bond acceptors (Lipinski definition) is 24. The zero-order valence-electron chi connectivity index (χ0n) is 65.4. The number of hydrogen-bond donors (Lipinski definition) is 0. The molecule has 0 bridgehead atoms. The normalized spacial score (nSPS) is 11.4. The number of esters is 1. The smallest absolute Gasteiger partial charge is 0.321 e. The molecule has 118 heavy (non-hydrogen) atoms. The van der Waals surface area contributed by atoms with Gasteiger partial charge in [0, 0.05) is 99.9 Å². The van der Waals surface area contributed by atoms with E-state index < -0.39 is 54.8 Å². The van der Waals surface area contributed by atoms with E-state index in [-0.39, 0.29) is 61.3 Å². The molecule has 5 aromatic carbocycles. The highest BCUT2D eigenvalue weighted by molar-refractivity contribution is 7.98. The van der Waals surface area contributed by atoms with E-state index in [1.165, 1.54) is 195 Å². The molecule has 0 saturated carbocycles. The summed E-state index contributed by atoms with van der Waals surface area (Å²) in [5.74, 6) is -4.39. The maximum Gasteiger partial charge on any atom is 0.321 e. The molecule has 14 rings (SSSR count). The fraction of sp³-hybridized carbons (Fsp3) is 0.190. The summed E-state index contributed by atoms with van der Waals surface area (Å²) in [7, 11) is 7.45. The van der Waals surface area contributed by atoms with Gasteiger partial charge in [0.15, 0.2) is 21.3 Å². The number of carbonyl (C=O) groups excluding carboxylic acids is 2. The Bertz CT molecular complexity index is 6240. The van der Waals surface area contributed by atoms with Gasteiger partial charge in [0.25, 0.3) is 22.2 Å². The SMILES string of the molecule is COC(=O)C(C(=O)c1ccnc(SC)n1)c1ccc(F)cc1.CSc1nccc(-c2c(-c3ccc(F)cc3)c(=O)n(C)n2C)n1.CSc1nccc(-c2c(-c3ccc(F)cc3)c(=O)n(C)n2C)n1.Cn1c(-c2ccnc(S(C)(=O)=O)n2)c(-c2ccc(F)cc2)c(=O)n1C.Cn1c(-c2ccnc(S(C)(=O)=O)n2)c(-c2ccc(F)cc2)c(=O)n1C. The van der Waals surface area contributed by atoms with Crippen molar-refractivity contribution in [3.8, 4) is 90.1 Å². The molecule has 29 nitrogen and oxygen atoms in total. The molecule has 1 atom stereocenters. The average Bonchev–Trinajstić information content (AvgIpc) is 1.63. The van der Waals surface area contributed by atoms with E-state index in [0.717, 1.165) is 12.5 Å². The lowest BCUT2D eigenvalue weighted by Gasteiger charge is -2.13. The van der Waals surface area contributed by atoms with Crippen LogP contribution in [0.25, 0.3) is 90.1 Å². The van der Waals surface area contributed by atoms with E-state index in [4.69, 9.17) is 4.74 Å². The molecule has 9 heterocycles. The van der Waals surface area contributed by atoms with Crippen LogP contribution in [0.4, 0.5) is 22.0 Å².